The minimum Gasteiger partial charge on any atom is -0.385 e. The van der Waals surface area contributed by atoms with Gasteiger partial charge in [-0.05, 0) is 62.7 Å². The fourth-order valence-electron chi connectivity index (χ4n) is 7.70. The summed E-state index contributed by atoms with van der Waals surface area (Å²) in [5, 5.41) is 2.50. The summed E-state index contributed by atoms with van der Waals surface area (Å²) in [6.07, 6.45) is 7.71. The number of carbonyl (C=O) groups excluding carboxylic acids is 5. The first-order valence-electron chi connectivity index (χ1n) is 13.8. The molecule has 5 N–H and O–H groups in total. The Labute approximate surface area is 221 Å². The lowest BCUT2D eigenvalue weighted by molar-refractivity contribution is -0.149. The first-order valence-corrected chi connectivity index (χ1v) is 13.8. The number of ether oxygens (including phenoxy) is 1. The largest absolute Gasteiger partial charge is 0.385 e. The summed E-state index contributed by atoms with van der Waals surface area (Å²) < 4.78 is 5.25. The van der Waals surface area contributed by atoms with E-state index in [9.17, 15) is 24.0 Å². The van der Waals surface area contributed by atoms with Crippen LogP contribution < -0.4 is 16.8 Å². The van der Waals surface area contributed by atoms with Crippen molar-refractivity contribution in [2.45, 2.75) is 75.8 Å². The van der Waals surface area contributed by atoms with Crippen LogP contribution in [-0.2, 0) is 19.1 Å². The fraction of sp³-hybridized carbons (Fsp3) is 0.731. The van der Waals surface area contributed by atoms with Gasteiger partial charge in [-0.3, -0.25) is 29.5 Å². The lowest BCUT2D eigenvalue weighted by Crippen LogP contribution is -2.66. The topological polar surface area (TPSA) is 168 Å². The zero-order chi connectivity index (χ0) is 26.8. The second-order valence-electron chi connectivity index (χ2n) is 12.2. The quantitative estimate of drug-likeness (QED) is 0.267. The summed E-state index contributed by atoms with van der Waals surface area (Å²) in [4.78, 5) is 69.3. The Kier molecular flexibility index (Phi) is 5.93. The maximum Gasteiger partial charge on any atom is 0.334 e. The average Bonchev–Trinajstić information content (AvgIpc) is 3.41. The van der Waals surface area contributed by atoms with Crippen LogP contribution in [-0.4, -0.2) is 82.4 Å². The van der Waals surface area contributed by atoms with E-state index in [2.05, 4.69) is 5.32 Å². The number of amides is 7. The van der Waals surface area contributed by atoms with Crippen LogP contribution in [0.1, 0.15) is 64.2 Å². The predicted octanol–water partition coefficient (Wildman–Crippen LogP) is 0.756. The van der Waals surface area contributed by atoms with Crippen LogP contribution in [0.25, 0.3) is 0 Å². The minimum atomic E-state index is -0.815. The molecule has 0 unspecified atom stereocenters. The molecular formula is C26H36N6O6. The van der Waals surface area contributed by atoms with Gasteiger partial charge in [0.15, 0.2) is 0 Å². The molecule has 38 heavy (non-hydrogen) atoms. The van der Waals surface area contributed by atoms with Crippen LogP contribution in [0.4, 0.5) is 9.59 Å². The molecule has 0 aromatic carbocycles. The van der Waals surface area contributed by atoms with Gasteiger partial charge in [-0.2, -0.15) is 0 Å². The molecule has 7 amide bonds. The molecule has 0 bridgehead atoms. The van der Waals surface area contributed by atoms with E-state index in [1.165, 1.54) is 4.90 Å². The summed E-state index contributed by atoms with van der Waals surface area (Å²) in [5.74, 6) is -1.55. The molecule has 6 aliphatic rings. The average molecular weight is 529 g/mol. The Hall–Kier alpha value is -3.15. The van der Waals surface area contributed by atoms with Gasteiger partial charge in [0.25, 0.3) is 17.7 Å². The first-order chi connectivity index (χ1) is 18.1. The zero-order valence-electron chi connectivity index (χ0n) is 21.6. The van der Waals surface area contributed by atoms with Gasteiger partial charge in [0.1, 0.15) is 16.9 Å². The van der Waals surface area contributed by atoms with E-state index in [0.29, 0.717) is 58.3 Å². The number of barbiturate groups is 1. The van der Waals surface area contributed by atoms with Crippen LogP contribution in [0.15, 0.2) is 11.4 Å². The Balaban J connectivity index is 1.15. The second-order valence-corrected chi connectivity index (χ2v) is 12.2. The highest BCUT2D eigenvalue weighted by Gasteiger charge is 2.66. The number of imide groups is 3. The molecule has 0 radical (unpaired) electrons. The Morgan fingerprint density at radius 3 is 2.13 bits per heavy atom. The van der Waals surface area contributed by atoms with E-state index in [1.54, 1.807) is 4.90 Å². The number of nitrogens with two attached hydrogens (primary N) is 2. The standard InChI is InChI=1S/C26H36N6O6/c27-19(28)18-20(33)30(9-15-3-1-2-4-15)24(37)32(21(18)34)17-5-7-25(8-6-17)13-26(14-25)22(35)29-23(36)31(26)10-16-11-38-12-16/h15-17H,1-14,27-28H2,(H,29,35,36). The maximum absolute atomic E-state index is 13.5. The van der Waals surface area contributed by atoms with E-state index in [4.69, 9.17) is 16.2 Å². The minimum absolute atomic E-state index is 0.125. The van der Waals surface area contributed by atoms with Crippen molar-refractivity contribution in [1.82, 2.24) is 20.0 Å². The van der Waals surface area contributed by atoms with Gasteiger partial charge in [0.05, 0.1) is 13.2 Å². The summed E-state index contributed by atoms with van der Waals surface area (Å²) in [6.45, 7) is 1.97. The number of nitrogens with zero attached hydrogens (tertiary/aromatic N) is 3. The number of hydrogen-bond acceptors (Lipinski definition) is 8. The van der Waals surface area contributed by atoms with E-state index in [0.717, 1.165) is 30.6 Å². The summed E-state index contributed by atoms with van der Waals surface area (Å²) >= 11 is 0. The summed E-state index contributed by atoms with van der Waals surface area (Å²) in [5.41, 5.74) is 10.3. The summed E-state index contributed by atoms with van der Waals surface area (Å²) in [7, 11) is 0. The Morgan fingerprint density at radius 2 is 1.55 bits per heavy atom. The lowest BCUT2D eigenvalue weighted by atomic mass is 9.51. The normalized spacial score (nSPS) is 34.4. The van der Waals surface area contributed by atoms with Crippen LogP contribution in [0.2, 0.25) is 0 Å². The third-order valence-electron chi connectivity index (χ3n) is 9.80. The molecule has 3 aliphatic carbocycles. The molecule has 2 spiro atoms. The predicted molar refractivity (Wildman–Crippen MR) is 133 cm³/mol. The fourth-order valence-corrected chi connectivity index (χ4v) is 7.70. The van der Waals surface area contributed by atoms with Crippen LogP contribution in [0.3, 0.4) is 0 Å². The molecule has 3 saturated heterocycles. The Morgan fingerprint density at radius 1 is 0.895 bits per heavy atom. The molecule has 0 atom stereocenters. The van der Waals surface area contributed by atoms with Crippen LogP contribution in [0, 0.1) is 17.3 Å². The molecule has 6 fully saturated rings. The highest BCUT2D eigenvalue weighted by atomic mass is 16.5. The molecule has 6 rings (SSSR count). The molecule has 12 heteroatoms. The van der Waals surface area contributed by atoms with Crippen molar-refractivity contribution in [2.75, 3.05) is 26.3 Å². The highest BCUT2D eigenvalue weighted by molar-refractivity contribution is 6.29. The molecular weight excluding hydrogens is 492 g/mol. The number of urea groups is 2. The smallest absolute Gasteiger partial charge is 0.334 e. The summed E-state index contributed by atoms with van der Waals surface area (Å²) in [6, 6.07) is -1.30. The SMILES string of the molecule is NC(N)=C1C(=O)N(CC2CCCC2)C(=O)N(C2CCC3(CC2)CC2(C3)C(=O)NC(=O)N2CC2COC2)C1=O. The molecule has 3 saturated carbocycles. The second kappa shape index (κ2) is 8.96. The monoisotopic (exact) mass is 528 g/mol. The third-order valence-corrected chi connectivity index (χ3v) is 9.80. The molecule has 0 aromatic heterocycles. The van der Waals surface area contributed by atoms with E-state index in [1.807, 2.05) is 0 Å². The van der Waals surface area contributed by atoms with Crippen molar-refractivity contribution in [3.8, 4) is 0 Å². The van der Waals surface area contributed by atoms with Gasteiger partial charge in [0, 0.05) is 25.0 Å². The van der Waals surface area contributed by atoms with Crippen molar-refractivity contribution in [1.29, 1.82) is 0 Å². The maximum atomic E-state index is 13.5. The molecule has 12 nitrogen and oxygen atoms in total. The third kappa shape index (κ3) is 3.78. The number of hydrogen-bond donors (Lipinski definition) is 3. The highest BCUT2D eigenvalue weighted by Crippen LogP contribution is 2.60. The molecule has 0 aromatic rings. The molecule has 206 valence electrons. The number of nitrogens with one attached hydrogen (secondary N) is 1. The molecule has 3 heterocycles. The Bertz CT molecular complexity index is 1110. The number of rotatable bonds is 5. The number of carbonyl (C=O) groups is 5. The van der Waals surface area contributed by atoms with Gasteiger partial charge >= 0.3 is 12.1 Å². The lowest BCUT2D eigenvalue weighted by Gasteiger charge is -2.59. The van der Waals surface area contributed by atoms with Gasteiger partial charge in [-0.1, -0.05) is 12.8 Å². The van der Waals surface area contributed by atoms with E-state index >= 15 is 0 Å². The van der Waals surface area contributed by atoms with Gasteiger partial charge in [-0.25, -0.2) is 9.59 Å². The van der Waals surface area contributed by atoms with Gasteiger partial charge in [-0.15, -0.1) is 0 Å². The zero-order valence-corrected chi connectivity index (χ0v) is 21.6. The van der Waals surface area contributed by atoms with Crippen molar-refractivity contribution in [3.05, 3.63) is 11.4 Å². The van der Waals surface area contributed by atoms with Gasteiger partial charge in [0.2, 0.25) is 0 Å². The first kappa shape index (κ1) is 25.1. The van der Waals surface area contributed by atoms with E-state index < -0.39 is 23.4 Å². The van der Waals surface area contributed by atoms with Crippen molar-refractivity contribution in [3.63, 3.8) is 0 Å². The van der Waals surface area contributed by atoms with Crippen LogP contribution >= 0.6 is 0 Å². The van der Waals surface area contributed by atoms with E-state index in [-0.39, 0.29) is 53.2 Å². The van der Waals surface area contributed by atoms with Crippen molar-refractivity contribution in [2.24, 2.45) is 28.7 Å². The molecule has 3 aliphatic heterocycles. The van der Waals surface area contributed by atoms with Crippen molar-refractivity contribution < 1.29 is 28.7 Å². The van der Waals surface area contributed by atoms with Crippen molar-refractivity contribution >= 4 is 29.8 Å². The van der Waals surface area contributed by atoms with Crippen LogP contribution in [0.5, 0.6) is 0 Å². The van der Waals surface area contributed by atoms with Gasteiger partial charge < -0.3 is 21.1 Å².